The lowest BCUT2D eigenvalue weighted by atomic mass is 9.96. The molecule has 0 aromatic rings. The van der Waals surface area contributed by atoms with E-state index in [4.69, 9.17) is 4.74 Å². The number of ether oxygens (including phenoxy) is 1. The Hall–Kier alpha value is -0.790. The zero-order valence-corrected chi connectivity index (χ0v) is 10.6. The molecule has 0 aromatic heterocycles. The van der Waals surface area contributed by atoms with Crippen LogP contribution in [0.2, 0.25) is 0 Å². The average Bonchev–Trinajstić information content (AvgIpc) is 2.76. The van der Waals surface area contributed by atoms with Gasteiger partial charge in [-0.15, -0.1) is 0 Å². The van der Waals surface area contributed by atoms with Gasteiger partial charge in [-0.05, 0) is 42.9 Å². The van der Waals surface area contributed by atoms with Crippen molar-refractivity contribution in [1.29, 1.82) is 0 Å². The second kappa shape index (κ2) is 4.23. The van der Waals surface area contributed by atoms with E-state index in [-0.39, 0.29) is 5.97 Å². The van der Waals surface area contributed by atoms with Crippen molar-refractivity contribution in [2.75, 3.05) is 6.61 Å². The lowest BCUT2D eigenvalue weighted by molar-refractivity contribution is -0.141. The second-order valence-corrected chi connectivity index (χ2v) is 5.78. The molecular formula is C14H22O2. The van der Waals surface area contributed by atoms with Gasteiger partial charge in [0.2, 0.25) is 0 Å². The van der Waals surface area contributed by atoms with Gasteiger partial charge in [0.1, 0.15) is 0 Å². The number of carbonyl (C=O) groups is 1. The summed E-state index contributed by atoms with van der Waals surface area (Å²) in [4.78, 5) is 10.6. The molecule has 0 radical (unpaired) electrons. The minimum absolute atomic E-state index is 0.166. The third-order valence-corrected chi connectivity index (χ3v) is 4.38. The predicted octanol–water partition coefficient (Wildman–Crippen LogP) is 3.32. The quantitative estimate of drug-likeness (QED) is 0.414. The monoisotopic (exact) mass is 222 g/mol. The van der Waals surface area contributed by atoms with E-state index in [2.05, 4.69) is 19.9 Å². The van der Waals surface area contributed by atoms with Gasteiger partial charge in [-0.2, -0.15) is 0 Å². The Balaban J connectivity index is 1.69. The SMILES string of the molecule is CC(=O)OCCCC1=CC[C@@H]2[C@H](C1)C2(C)C. The number of rotatable bonds is 4. The van der Waals surface area contributed by atoms with Gasteiger partial charge in [0.05, 0.1) is 6.61 Å². The average molecular weight is 222 g/mol. The van der Waals surface area contributed by atoms with Crippen LogP contribution < -0.4 is 0 Å². The van der Waals surface area contributed by atoms with E-state index in [1.165, 1.54) is 19.8 Å². The normalized spacial score (nSPS) is 30.3. The molecule has 0 saturated heterocycles. The fourth-order valence-corrected chi connectivity index (χ4v) is 3.11. The Morgan fingerprint density at radius 1 is 1.50 bits per heavy atom. The second-order valence-electron chi connectivity index (χ2n) is 5.78. The van der Waals surface area contributed by atoms with Crippen LogP contribution in [-0.2, 0) is 9.53 Å². The number of fused-ring (bicyclic) bond motifs is 1. The van der Waals surface area contributed by atoms with Gasteiger partial charge in [0, 0.05) is 6.92 Å². The maximum atomic E-state index is 10.6. The molecule has 0 unspecified atom stereocenters. The van der Waals surface area contributed by atoms with Gasteiger partial charge in [-0.1, -0.05) is 25.5 Å². The first-order chi connectivity index (χ1) is 7.51. The molecule has 2 nitrogen and oxygen atoms in total. The third-order valence-electron chi connectivity index (χ3n) is 4.38. The summed E-state index contributed by atoms with van der Waals surface area (Å²) in [5.41, 5.74) is 2.16. The summed E-state index contributed by atoms with van der Waals surface area (Å²) in [6, 6.07) is 0. The Morgan fingerprint density at radius 2 is 2.25 bits per heavy atom. The molecule has 2 heteroatoms. The molecular weight excluding hydrogens is 200 g/mol. The summed E-state index contributed by atoms with van der Waals surface area (Å²) < 4.78 is 4.94. The molecule has 0 spiro atoms. The van der Waals surface area contributed by atoms with Crippen LogP contribution in [0, 0.1) is 17.3 Å². The maximum Gasteiger partial charge on any atom is 0.302 e. The molecule has 2 atom stereocenters. The molecule has 90 valence electrons. The van der Waals surface area contributed by atoms with Crippen molar-refractivity contribution in [2.45, 2.75) is 46.5 Å². The van der Waals surface area contributed by atoms with Crippen LogP contribution in [0.5, 0.6) is 0 Å². The Bertz CT molecular complexity index is 315. The standard InChI is InChI=1S/C14H22O2/c1-10(15)16-8-4-5-11-6-7-12-13(9-11)14(12,2)3/h6,12-13H,4-5,7-9H2,1-3H3/t12-,13+/m1/s1. The van der Waals surface area contributed by atoms with Crippen LogP contribution in [0.25, 0.3) is 0 Å². The molecule has 0 N–H and O–H groups in total. The van der Waals surface area contributed by atoms with Crippen molar-refractivity contribution in [2.24, 2.45) is 17.3 Å². The fourth-order valence-electron chi connectivity index (χ4n) is 3.11. The first kappa shape index (κ1) is 11.7. The number of allylic oxidation sites excluding steroid dienone is 2. The maximum absolute atomic E-state index is 10.6. The van der Waals surface area contributed by atoms with Crippen molar-refractivity contribution in [3.05, 3.63) is 11.6 Å². The largest absolute Gasteiger partial charge is 0.466 e. The van der Waals surface area contributed by atoms with Crippen molar-refractivity contribution in [3.8, 4) is 0 Å². The molecule has 1 fully saturated rings. The molecule has 0 heterocycles. The highest BCUT2D eigenvalue weighted by molar-refractivity contribution is 5.65. The molecule has 2 aliphatic rings. The smallest absolute Gasteiger partial charge is 0.302 e. The van der Waals surface area contributed by atoms with Crippen LogP contribution in [0.1, 0.15) is 46.5 Å². The minimum Gasteiger partial charge on any atom is -0.466 e. The summed E-state index contributed by atoms with van der Waals surface area (Å²) in [6.45, 7) is 6.82. The lowest BCUT2D eigenvalue weighted by Gasteiger charge is -2.11. The molecule has 1 saturated carbocycles. The fraction of sp³-hybridized carbons (Fsp3) is 0.786. The van der Waals surface area contributed by atoms with Crippen LogP contribution >= 0.6 is 0 Å². The van der Waals surface area contributed by atoms with Crippen LogP contribution in [0.3, 0.4) is 0 Å². The number of esters is 1. The van der Waals surface area contributed by atoms with E-state index in [1.807, 2.05) is 0 Å². The summed E-state index contributed by atoms with van der Waals surface area (Å²) >= 11 is 0. The van der Waals surface area contributed by atoms with Crippen LogP contribution in [0.4, 0.5) is 0 Å². The van der Waals surface area contributed by atoms with Crippen molar-refractivity contribution in [3.63, 3.8) is 0 Å². The lowest BCUT2D eigenvalue weighted by Crippen LogP contribution is -2.02. The van der Waals surface area contributed by atoms with Crippen molar-refractivity contribution >= 4 is 5.97 Å². The Kier molecular flexibility index (Phi) is 3.09. The van der Waals surface area contributed by atoms with Crippen molar-refractivity contribution < 1.29 is 9.53 Å². The topological polar surface area (TPSA) is 26.3 Å². The van der Waals surface area contributed by atoms with Gasteiger partial charge < -0.3 is 4.74 Å². The Labute approximate surface area is 98.1 Å². The van der Waals surface area contributed by atoms with E-state index in [0.29, 0.717) is 12.0 Å². The molecule has 0 bridgehead atoms. The molecule has 2 rings (SSSR count). The molecule has 0 aliphatic heterocycles. The zero-order chi connectivity index (χ0) is 11.8. The van der Waals surface area contributed by atoms with E-state index < -0.39 is 0 Å². The van der Waals surface area contributed by atoms with Gasteiger partial charge in [0.15, 0.2) is 0 Å². The number of hydrogen-bond acceptors (Lipinski definition) is 2. The molecule has 0 aromatic carbocycles. The summed E-state index contributed by atoms with van der Waals surface area (Å²) in [6.07, 6.45) is 7.04. The van der Waals surface area contributed by atoms with Crippen LogP contribution in [0.15, 0.2) is 11.6 Å². The van der Waals surface area contributed by atoms with Gasteiger partial charge in [-0.3, -0.25) is 4.79 Å². The van der Waals surface area contributed by atoms with E-state index in [9.17, 15) is 4.79 Å². The predicted molar refractivity (Wildman–Crippen MR) is 63.9 cm³/mol. The summed E-state index contributed by atoms with van der Waals surface area (Å²) in [5.74, 6) is 1.69. The first-order valence-corrected chi connectivity index (χ1v) is 6.33. The highest BCUT2D eigenvalue weighted by Gasteiger charge is 2.57. The highest BCUT2D eigenvalue weighted by atomic mass is 16.5. The molecule has 16 heavy (non-hydrogen) atoms. The van der Waals surface area contributed by atoms with E-state index >= 15 is 0 Å². The Morgan fingerprint density at radius 3 is 2.88 bits per heavy atom. The third kappa shape index (κ3) is 2.31. The number of hydrogen-bond donors (Lipinski definition) is 0. The molecule has 2 aliphatic carbocycles. The van der Waals surface area contributed by atoms with Crippen molar-refractivity contribution in [1.82, 2.24) is 0 Å². The minimum atomic E-state index is -0.166. The van der Waals surface area contributed by atoms with Gasteiger partial charge in [-0.25, -0.2) is 0 Å². The highest BCUT2D eigenvalue weighted by Crippen LogP contribution is 2.64. The van der Waals surface area contributed by atoms with Gasteiger partial charge >= 0.3 is 5.97 Å². The van der Waals surface area contributed by atoms with E-state index in [0.717, 1.165) is 24.7 Å². The van der Waals surface area contributed by atoms with E-state index in [1.54, 1.807) is 5.57 Å². The molecule has 0 amide bonds. The van der Waals surface area contributed by atoms with Gasteiger partial charge in [0.25, 0.3) is 0 Å². The number of carbonyl (C=O) groups excluding carboxylic acids is 1. The summed E-state index contributed by atoms with van der Waals surface area (Å²) in [7, 11) is 0. The zero-order valence-electron chi connectivity index (χ0n) is 10.6. The summed E-state index contributed by atoms with van der Waals surface area (Å²) in [5, 5.41) is 0. The van der Waals surface area contributed by atoms with Crippen LogP contribution in [-0.4, -0.2) is 12.6 Å². The first-order valence-electron chi connectivity index (χ1n) is 6.33.